The van der Waals surface area contributed by atoms with Crippen molar-refractivity contribution < 1.29 is 63.6 Å². The van der Waals surface area contributed by atoms with Gasteiger partial charge >= 0.3 is 55.5 Å². The SMILES string of the molecule is COc1ccc2onc(CCS(=O)(=O)NC(=O)OC(C)(C)C)c2c1.COc1ccc2onc(CCS(N)(=O)=O)c2c1.COc1ccc2onc(CN)c2c1.[I][V][I]. The number of hydrogen-bond acceptors (Lipinski definition) is 16. The summed E-state index contributed by atoms with van der Waals surface area (Å²) in [4.78, 5) is 11.6. The van der Waals surface area contributed by atoms with Gasteiger partial charge in [0.1, 0.15) is 28.5 Å². The van der Waals surface area contributed by atoms with Crippen molar-refractivity contribution in [2.45, 2.75) is 45.8 Å². The van der Waals surface area contributed by atoms with Crippen molar-refractivity contribution >= 4 is 99.0 Å². The van der Waals surface area contributed by atoms with Crippen LogP contribution in [-0.4, -0.2) is 76.8 Å². The van der Waals surface area contributed by atoms with Crippen molar-refractivity contribution in [3.05, 3.63) is 71.7 Å². The van der Waals surface area contributed by atoms with Crippen molar-refractivity contribution in [1.82, 2.24) is 20.2 Å². The Morgan fingerprint density at radius 1 is 0.719 bits per heavy atom. The van der Waals surface area contributed by atoms with Crippen LogP contribution in [0.4, 0.5) is 4.79 Å². The number of rotatable bonds is 11. The number of aryl methyl sites for hydroxylation is 2. The predicted molar refractivity (Wildman–Crippen MR) is 226 cm³/mol. The minimum atomic E-state index is -3.85. The van der Waals surface area contributed by atoms with Crippen LogP contribution in [0.5, 0.6) is 17.2 Å². The Kier molecular flexibility index (Phi) is 18.6. The Bertz CT molecular complexity index is 2450. The van der Waals surface area contributed by atoms with E-state index < -0.39 is 31.7 Å². The third-order valence-corrected chi connectivity index (χ3v) is 9.31. The van der Waals surface area contributed by atoms with E-state index in [1.165, 1.54) is 7.11 Å². The topological polar surface area (TPSA) is 264 Å². The molecule has 0 saturated carbocycles. The third kappa shape index (κ3) is 15.7. The number of fused-ring (bicyclic) bond motifs is 3. The van der Waals surface area contributed by atoms with Gasteiger partial charge in [-0.05, 0) is 75.4 Å². The number of nitrogens with zero attached hydrogens (tertiary/aromatic N) is 3. The van der Waals surface area contributed by atoms with Gasteiger partial charge in [0.2, 0.25) is 20.0 Å². The zero-order valence-corrected chi connectivity index (χ0v) is 39.0. The Morgan fingerprint density at radius 3 is 1.44 bits per heavy atom. The molecule has 6 rings (SSSR count). The van der Waals surface area contributed by atoms with Gasteiger partial charge in [0.05, 0.1) is 44.2 Å². The molecule has 0 unspecified atom stereocenters. The van der Waals surface area contributed by atoms with Gasteiger partial charge in [-0.2, -0.15) is 0 Å². The molecule has 0 aliphatic heterocycles. The number of methoxy groups -OCH3 is 3. The summed E-state index contributed by atoms with van der Waals surface area (Å²) in [7, 11) is -2.01. The summed E-state index contributed by atoms with van der Waals surface area (Å²) in [6.07, 6.45) is -0.703. The van der Waals surface area contributed by atoms with Crippen molar-refractivity contribution in [1.29, 1.82) is 0 Å². The van der Waals surface area contributed by atoms with Gasteiger partial charge < -0.3 is 38.3 Å². The van der Waals surface area contributed by atoms with Crippen LogP contribution in [0.3, 0.4) is 0 Å². The van der Waals surface area contributed by atoms with Crippen LogP contribution >= 0.6 is 40.0 Å². The first-order chi connectivity index (χ1) is 26.8. The number of ether oxygens (including phenoxy) is 4. The molecular formula is C34H42I2N6O12S2V. The molecule has 6 aromatic rings. The zero-order chi connectivity index (χ0) is 42.4. The number of nitrogens with one attached hydrogen (secondary N) is 1. The molecule has 0 spiro atoms. The molecule has 3 heterocycles. The molecule has 23 heteroatoms. The van der Waals surface area contributed by atoms with E-state index in [1.807, 2.05) is 22.9 Å². The van der Waals surface area contributed by atoms with E-state index in [0.717, 1.165) is 27.8 Å². The fraction of sp³-hybridized carbons (Fsp3) is 0.353. The van der Waals surface area contributed by atoms with Gasteiger partial charge in [0, 0.05) is 35.5 Å². The molecular weight excluding hydrogens is 1050 g/mol. The van der Waals surface area contributed by atoms with Crippen LogP contribution < -0.4 is 29.8 Å². The number of primary sulfonamides is 1. The second-order valence-electron chi connectivity index (χ2n) is 12.5. The molecule has 18 nitrogen and oxygen atoms in total. The van der Waals surface area contributed by atoms with Gasteiger partial charge in [-0.15, -0.1) is 0 Å². The summed E-state index contributed by atoms with van der Waals surface area (Å²) in [5.41, 5.74) is 8.36. The van der Waals surface area contributed by atoms with E-state index in [0.29, 0.717) is 55.4 Å². The molecule has 1 amide bonds. The van der Waals surface area contributed by atoms with Gasteiger partial charge in [-0.1, -0.05) is 15.5 Å². The summed E-state index contributed by atoms with van der Waals surface area (Å²) in [6, 6.07) is 15.9. The maximum atomic E-state index is 12.0. The summed E-state index contributed by atoms with van der Waals surface area (Å²) in [6.45, 7) is 5.32. The van der Waals surface area contributed by atoms with Gasteiger partial charge in [-0.25, -0.2) is 31.5 Å². The number of hydrogen-bond donors (Lipinski definition) is 3. The standard InChI is InChI=1S/C15H20N2O6S.C10H12N2O4S.C9H10N2O2.2HI.V/c1-15(2,3)22-14(18)17-24(19,20)8-7-12-11-9-10(21-4)5-6-13(11)23-16-12;1-15-7-2-3-10-8(6-7)9(12-16-10)4-5-17(11,13)14;1-12-6-2-3-9-7(4-6)8(5-10)11-13-9;;;/h5-6,9H,7-8H2,1-4H3,(H,17,18);2-3,6H,4-5H2,1H3,(H2,11,13,14);2-4H,5,10H2,1H3;2*1H;/q;;;;;+2/p-2. The van der Waals surface area contributed by atoms with Gasteiger partial charge in [0.25, 0.3) is 0 Å². The average Bonchev–Trinajstić information content (AvgIpc) is 3.88. The molecule has 3 aromatic heterocycles. The zero-order valence-electron chi connectivity index (χ0n) is 31.6. The molecule has 0 bridgehead atoms. The molecule has 0 atom stereocenters. The number of aromatic nitrogens is 3. The summed E-state index contributed by atoms with van der Waals surface area (Å²) in [5.74, 6) is 1.57. The van der Waals surface area contributed by atoms with Crippen LogP contribution in [0.25, 0.3) is 32.9 Å². The summed E-state index contributed by atoms with van der Waals surface area (Å²) >= 11 is 4.74. The summed E-state index contributed by atoms with van der Waals surface area (Å²) < 4.78 is 83.1. The van der Waals surface area contributed by atoms with E-state index >= 15 is 0 Å². The van der Waals surface area contributed by atoms with E-state index in [2.05, 4.69) is 55.4 Å². The van der Waals surface area contributed by atoms with Crippen molar-refractivity contribution in [2.24, 2.45) is 10.9 Å². The van der Waals surface area contributed by atoms with Gasteiger partial charge in [0.15, 0.2) is 16.7 Å². The minimum absolute atomic E-state index is 0.0816. The molecule has 0 radical (unpaired) electrons. The predicted octanol–water partition coefficient (Wildman–Crippen LogP) is 5.96. The number of benzene rings is 3. The van der Waals surface area contributed by atoms with Crippen LogP contribution in [0.15, 0.2) is 68.2 Å². The van der Waals surface area contributed by atoms with Gasteiger partial charge in [-0.3, -0.25) is 0 Å². The molecule has 3 aromatic carbocycles. The van der Waals surface area contributed by atoms with E-state index in [1.54, 1.807) is 71.4 Å². The molecule has 0 aliphatic carbocycles. The third-order valence-electron chi connectivity index (χ3n) is 7.32. The van der Waals surface area contributed by atoms with Crippen LogP contribution in [0.1, 0.15) is 37.9 Å². The Hall–Kier alpha value is -3.40. The summed E-state index contributed by atoms with van der Waals surface area (Å²) in [5, 5.41) is 18.8. The first-order valence-electron chi connectivity index (χ1n) is 16.5. The quantitative estimate of drug-likeness (QED) is 0.126. The Labute approximate surface area is 358 Å². The number of amides is 1. The molecule has 0 aliphatic rings. The first-order valence-corrected chi connectivity index (χ1v) is 28.9. The Balaban J connectivity index is 0.000000231. The molecule has 57 heavy (non-hydrogen) atoms. The van der Waals surface area contributed by atoms with Crippen molar-refractivity contribution in [3.8, 4) is 17.2 Å². The number of sulfonamides is 2. The van der Waals surface area contributed by atoms with E-state index in [-0.39, 0.29) is 24.3 Å². The normalized spacial score (nSPS) is 11.3. The molecule has 0 fully saturated rings. The second kappa shape index (κ2) is 22.1. The number of carbonyl (C=O) groups is 1. The molecule has 0 saturated heterocycles. The second-order valence-corrected chi connectivity index (χ2v) is 27.9. The average molecular weight is 1100 g/mol. The van der Waals surface area contributed by atoms with Crippen LogP contribution in [-0.2, 0) is 53.6 Å². The molecule has 311 valence electrons. The first kappa shape index (κ1) is 48.0. The van der Waals surface area contributed by atoms with Crippen molar-refractivity contribution in [3.63, 3.8) is 0 Å². The maximum absolute atomic E-state index is 12.0. The fourth-order valence-corrected chi connectivity index (χ4v) is 6.08. The van der Waals surface area contributed by atoms with Crippen molar-refractivity contribution in [2.75, 3.05) is 32.8 Å². The van der Waals surface area contributed by atoms with E-state index in [4.69, 9.17) is 43.4 Å². The fourth-order valence-electron chi connectivity index (χ4n) is 4.74. The monoisotopic (exact) mass is 1090 g/mol. The van der Waals surface area contributed by atoms with E-state index in [9.17, 15) is 21.6 Å². The number of carbonyl (C=O) groups excluding carboxylic acids is 1. The van der Waals surface area contributed by atoms with Crippen LogP contribution in [0, 0.1) is 0 Å². The molecule has 5 N–H and O–H groups in total. The number of nitrogens with two attached hydrogens (primary N) is 2. The van der Waals surface area contributed by atoms with Crippen LogP contribution in [0.2, 0.25) is 0 Å². The Morgan fingerprint density at radius 2 is 1.09 bits per heavy atom. The number of halogens is 2.